The molecule has 1 heterocycles. The van der Waals surface area contributed by atoms with Gasteiger partial charge in [0.05, 0.1) is 5.56 Å². The molecule has 0 spiro atoms. The van der Waals surface area contributed by atoms with Crippen molar-refractivity contribution in [1.29, 1.82) is 0 Å². The summed E-state index contributed by atoms with van der Waals surface area (Å²) in [6.45, 7) is 2.55. The number of benzene rings is 1. The molecule has 2 rings (SSSR count). The first kappa shape index (κ1) is 14.3. The fourth-order valence-electron chi connectivity index (χ4n) is 1.69. The maximum absolute atomic E-state index is 6.07. The van der Waals surface area contributed by atoms with Crippen LogP contribution in [0.15, 0.2) is 35.1 Å². The third-order valence-electron chi connectivity index (χ3n) is 2.64. The second kappa shape index (κ2) is 6.87. The summed E-state index contributed by atoms with van der Waals surface area (Å²) in [7, 11) is 0. The summed E-state index contributed by atoms with van der Waals surface area (Å²) < 4.78 is 6.79. The third kappa shape index (κ3) is 3.91. The average Bonchev–Trinajstić information content (AvgIpc) is 2.41. The van der Waals surface area contributed by atoms with Crippen LogP contribution in [0.4, 0.5) is 0 Å². The highest BCUT2D eigenvalue weighted by Gasteiger charge is 2.10. The Morgan fingerprint density at radius 2 is 1.95 bits per heavy atom. The molecular formula is C14H14BrClN2O. The molecule has 0 radical (unpaired) electrons. The minimum absolute atomic E-state index is 0.470. The fraction of sp³-hybridized carbons (Fsp3) is 0.286. The number of hydrogen-bond donors (Lipinski definition) is 0. The zero-order valence-electron chi connectivity index (χ0n) is 10.6. The molecule has 2 aromatic rings. The Bertz CT molecular complexity index is 546. The van der Waals surface area contributed by atoms with Crippen molar-refractivity contribution in [3.05, 3.63) is 51.3 Å². The van der Waals surface area contributed by atoms with Crippen molar-refractivity contribution >= 4 is 27.5 Å². The lowest BCUT2D eigenvalue weighted by molar-refractivity contribution is 0.289. The lowest BCUT2D eigenvalue weighted by Crippen LogP contribution is -2.02. The van der Waals surface area contributed by atoms with Gasteiger partial charge in [-0.3, -0.25) is 0 Å². The molecule has 0 aliphatic rings. The molecule has 19 heavy (non-hydrogen) atoms. The van der Waals surface area contributed by atoms with Crippen LogP contribution in [0.2, 0.25) is 5.15 Å². The van der Waals surface area contributed by atoms with Gasteiger partial charge in [-0.25, -0.2) is 9.97 Å². The summed E-state index contributed by atoms with van der Waals surface area (Å²) in [5.41, 5.74) is 1.96. The van der Waals surface area contributed by atoms with Gasteiger partial charge in [-0.1, -0.05) is 53.0 Å². The molecule has 0 saturated heterocycles. The Hall–Kier alpha value is -1.13. The van der Waals surface area contributed by atoms with E-state index >= 15 is 0 Å². The van der Waals surface area contributed by atoms with Crippen LogP contribution in [-0.4, -0.2) is 9.97 Å². The minimum Gasteiger partial charge on any atom is -0.472 e. The predicted molar refractivity (Wildman–Crippen MR) is 79.5 cm³/mol. The normalized spacial score (nSPS) is 10.5. The average molecular weight is 342 g/mol. The minimum atomic E-state index is 0.470. The smallest absolute Gasteiger partial charge is 0.221 e. The van der Waals surface area contributed by atoms with Gasteiger partial charge in [0.25, 0.3) is 0 Å². The van der Waals surface area contributed by atoms with Crippen molar-refractivity contribution in [2.45, 2.75) is 26.4 Å². The van der Waals surface area contributed by atoms with Gasteiger partial charge in [-0.15, -0.1) is 0 Å². The molecule has 0 unspecified atom stereocenters. The number of halogens is 2. The standard InChI is InChI=1S/C14H14BrClN2O/c1-2-3-12-13(16)17-9-18-14(12)19-8-10-4-6-11(15)7-5-10/h4-7,9H,2-3,8H2,1H3. The van der Waals surface area contributed by atoms with Crippen LogP contribution < -0.4 is 4.74 Å². The van der Waals surface area contributed by atoms with E-state index in [1.807, 2.05) is 24.3 Å². The van der Waals surface area contributed by atoms with E-state index in [0.29, 0.717) is 17.6 Å². The van der Waals surface area contributed by atoms with Crippen LogP contribution >= 0.6 is 27.5 Å². The highest BCUT2D eigenvalue weighted by atomic mass is 79.9. The van der Waals surface area contributed by atoms with Gasteiger partial charge in [-0.05, 0) is 24.1 Å². The van der Waals surface area contributed by atoms with E-state index < -0.39 is 0 Å². The van der Waals surface area contributed by atoms with Crippen molar-refractivity contribution in [3.63, 3.8) is 0 Å². The maximum Gasteiger partial charge on any atom is 0.221 e. The summed E-state index contributed by atoms with van der Waals surface area (Å²) >= 11 is 9.48. The van der Waals surface area contributed by atoms with Gasteiger partial charge in [0.15, 0.2) is 0 Å². The Morgan fingerprint density at radius 3 is 2.63 bits per heavy atom. The van der Waals surface area contributed by atoms with Crippen molar-refractivity contribution in [3.8, 4) is 5.88 Å². The molecule has 1 aromatic carbocycles. The van der Waals surface area contributed by atoms with E-state index in [1.54, 1.807) is 0 Å². The summed E-state index contributed by atoms with van der Waals surface area (Å²) in [4.78, 5) is 8.16. The predicted octanol–water partition coefficient (Wildman–Crippen LogP) is 4.42. The third-order valence-corrected chi connectivity index (χ3v) is 3.50. The highest BCUT2D eigenvalue weighted by Crippen LogP contribution is 2.24. The molecule has 3 nitrogen and oxygen atoms in total. The van der Waals surface area contributed by atoms with E-state index in [0.717, 1.165) is 28.4 Å². The number of nitrogens with zero attached hydrogens (tertiary/aromatic N) is 2. The van der Waals surface area contributed by atoms with Gasteiger partial charge < -0.3 is 4.74 Å². The van der Waals surface area contributed by atoms with E-state index in [2.05, 4.69) is 32.8 Å². The van der Waals surface area contributed by atoms with Crippen LogP contribution in [0.3, 0.4) is 0 Å². The molecule has 0 amide bonds. The Morgan fingerprint density at radius 1 is 1.21 bits per heavy atom. The fourth-order valence-corrected chi connectivity index (χ4v) is 2.18. The molecule has 0 bridgehead atoms. The Kier molecular flexibility index (Phi) is 5.16. The maximum atomic E-state index is 6.07. The number of hydrogen-bond acceptors (Lipinski definition) is 3. The number of ether oxygens (including phenoxy) is 1. The molecular weight excluding hydrogens is 328 g/mol. The summed E-state index contributed by atoms with van der Waals surface area (Å²) in [5, 5.41) is 0.475. The topological polar surface area (TPSA) is 35.0 Å². The van der Waals surface area contributed by atoms with E-state index in [1.165, 1.54) is 6.33 Å². The Balaban J connectivity index is 2.10. The first-order valence-corrected chi connectivity index (χ1v) is 7.24. The zero-order chi connectivity index (χ0) is 13.7. The largest absolute Gasteiger partial charge is 0.472 e. The van der Waals surface area contributed by atoms with Gasteiger partial charge in [-0.2, -0.15) is 0 Å². The van der Waals surface area contributed by atoms with Crippen molar-refractivity contribution < 1.29 is 4.74 Å². The van der Waals surface area contributed by atoms with Gasteiger partial charge >= 0.3 is 0 Å². The number of rotatable bonds is 5. The monoisotopic (exact) mass is 340 g/mol. The second-order valence-electron chi connectivity index (χ2n) is 4.11. The van der Waals surface area contributed by atoms with Crippen molar-refractivity contribution in [2.75, 3.05) is 0 Å². The summed E-state index contributed by atoms with van der Waals surface area (Å²) in [6.07, 6.45) is 3.22. The molecule has 100 valence electrons. The van der Waals surface area contributed by atoms with Crippen molar-refractivity contribution in [2.24, 2.45) is 0 Å². The van der Waals surface area contributed by atoms with Gasteiger partial charge in [0, 0.05) is 4.47 Å². The van der Waals surface area contributed by atoms with Crippen LogP contribution in [0.25, 0.3) is 0 Å². The zero-order valence-corrected chi connectivity index (χ0v) is 12.9. The first-order chi connectivity index (χ1) is 9.20. The number of aromatic nitrogens is 2. The molecule has 0 aliphatic heterocycles. The van der Waals surface area contributed by atoms with E-state index in [9.17, 15) is 0 Å². The Labute approximate surface area is 126 Å². The SMILES string of the molecule is CCCc1c(Cl)ncnc1OCc1ccc(Br)cc1. The van der Waals surface area contributed by atoms with E-state index in [-0.39, 0.29) is 0 Å². The molecule has 0 saturated carbocycles. The molecule has 0 N–H and O–H groups in total. The summed E-state index contributed by atoms with van der Waals surface area (Å²) in [6, 6.07) is 7.98. The second-order valence-corrected chi connectivity index (χ2v) is 5.39. The molecule has 5 heteroatoms. The molecule has 1 aromatic heterocycles. The quantitative estimate of drug-likeness (QED) is 0.755. The molecule has 0 atom stereocenters. The molecule has 0 aliphatic carbocycles. The van der Waals surface area contributed by atoms with Crippen LogP contribution in [0.5, 0.6) is 5.88 Å². The van der Waals surface area contributed by atoms with Gasteiger partial charge in [0.1, 0.15) is 18.1 Å². The van der Waals surface area contributed by atoms with Crippen LogP contribution in [0.1, 0.15) is 24.5 Å². The highest BCUT2D eigenvalue weighted by molar-refractivity contribution is 9.10. The lowest BCUT2D eigenvalue weighted by atomic mass is 10.2. The molecule has 0 fully saturated rings. The van der Waals surface area contributed by atoms with Gasteiger partial charge in [0.2, 0.25) is 5.88 Å². The lowest BCUT2D eigenvalue weighted by Gasteiger charge is -2.10. The van der Waals surface area contributed by atoms with Crippen LogP contribution in [-0.2, 0) is 13.0 Å². The first-order valence-electron chi connectivity index (χ1n) is 6.07. The van der Waals surface area contributed by atoms with E-state index in [4.69, 9.17) is 16.3 Å². The van der Waals surface area contributed by atoms with Crippen LogP contribution in [0, 0.1) is 0 Å². The summed E-state index contributed by atoms with van der Waals surface area (Å²) in [5.74, 6) is 0.574. The van der Waals surface area contributed by atoms with Crippen molar-refractivity contribution in [1.82, 2.24) is 9.97 Å².